The molecule has 2 aromatic carbocycles. The fourth-order valence-electron chi connectivity index (χ4n) is 2.80. The van der Waals surface area contributed by atoms with E-state index in [9.17, 15) is 0 Å². The normalized spacial score (nSPS) is 19.2. The van der Waals surface area contributed by atoms with Crippen LogP contribution in [0.5, 0.6) is 0 Å². The molecule has 0 saturated carbocycles. The number of nitrogens with zero attached hydrogens (tertiary/aromatic N) is 2. The second-order valence-electron chi connectivity index (χ2n) is 5.90. The van der Waals surface area contributed by atoms with Gasteiger partial charge in [0.1, 0.15) is 0 Å². The molecule has 0 aromatic heterocycles. The molecule has 3 N–H and O–H groups in total. The number of benzene rings is 2. The van der Waals surface area contributed by atoms with Crippen molar-refractivity contribution in [1.29, 1.82) is 0 Å². The van der Waals surface area contributed by atoms with Crippen LogP contribution in [0.2, 0.25) is 0 Å². The highest BCUT2D eigenvalue weighted by atomic mass is 32.2. The van der Waals surface area contributed by atoms with Crippen molar-refractivity contribution >= 4 is 23.4 Å². The second-order valence-corrected chi connectivity index (χ2v) is 7.05. The quantitative estimate of drug-likeness (QED) is 0.649. The van der Waals surface area contributed by atoms with Crippen molar-refractivity contribution in [2.75, 3.05) is 29.9 Å². The summed E-state index contributed by atoms with van der Waals surface area (Å²) in [5, 5.41) is 3.15. The third-order valence-electron chi connectivity index (χ3n) is 4.10. The molecule has 1 atom stereocenters. The molecule has 1 aliphatic heterocycles. The molecule has 1 heterocycles. The van der Waals surface area contributed by atoms with Gasteiger partial charge in [-0.15, -0.1) is 0 Å². The minimum Gasteiger partial charge on any atom is -0.370 e. The lowest BCUT2D eigenvalue weighted by Gasteiger charge is -2.34. The van der Waals surface area contributed by atoms with Gasteiger partial charge in [-0.05, 0) is 17.7 Å². The van der Waals surface area contributed by atoms with Gasteiger partial charge in [-0.25, -0.2) is 0 Å². The van der Waals surface area contributed by atoms with Crippen LogP contribution in [0, 0.1) is 0 Å². The van der Waals surface area contributed by atoms with Crippen molar-refractivity contribution in [3.8, 4) is 0 Å². The Kier molecular flexibility index (Phi) is 6.15. The van der Waals surface area contributed by atoms with Crippen LogP contribution in [0.25, 0.3) is 0 Å². The van der Waals surface area contributed by atoms with Crippen molar-refractivity contribution in [1.82, 2.24) is 4.90 Å². The molecule has 2 aromatic rings. The lowest BCUT2D eigenvalue weighted by Crippen LogP contribution is -2.44. The molecule has 5 heteroatoms. The fraction of sp³-hybridized carbons (Fsp3) is 0.316. The molecule has 0 spiro atoms. The second kappa shape index (κ2) is 8.76. The monoisotopic (exact) mass is 340 g/mol. The minimum absolute atomic E-state index is 0.431. The van der Waals surface area contributed by atoms with E-state index >= 15 is 0 Å². The number of rotatable bonds is 5. The van der Waals surface area contributed by atoms with E-state index in [0.717, 1.165) is 31.1 Å². The van der Waals surface area contributed by atoms with Gasteiger partial charge in [-0.3, -0.25) is 9.89 Å². The Bertz CT molecular complexity index is 645. The molecule has 4 nitrogen and oxygen atoms in total. The lowest BCUT2D eigenvalue weighted by atomic mass is 10.2. The van der Waals surface area contributed by atoms with Crippen LogP contribution in [0.1, 0.15) is 5.56 Å². The number of anilines is 1. The standard InChI is InChI=1S/C19H24N4S/c20-19(22-17-9-5-2-6-10-17)21-13-18-15-24-12-11-23(18)14-16-7-3-1-4-8-16/h1-10,18H,11-15H2,(H3,20,21,22). The van der Waals surface area contributed by atoms with E-state index in [1.54, 1.807) is 0 Å². The summed E-state index contributed by atoms with van der Waals surface area (Å²) in [5.41, 5.74) is 8.36. The van der Waals surface area contributed by atoms with Crippen LogP contribution >= 0.6 is 11.8 Å². The largest absolute Gasteiger partial charge is 0.370 e. The summed E-state index contributed by atoms with van der Waals surface area (Å²) in [6.07, 6.45) is 0. The molecule has 0 radical (unpaired) electrons. The van der Waals surface area contributed by atoms with Gasteiger partial charge in [0.15, 0.2) is 5.96 Å². The molecule has 0 bridgehead atoms. The summed E-state index contributed by atoms with van der Waals surface area (Å²) >= 11 is 2.00. The summed E-state index contributed by atoms with van der Waals surface area (Å²) in [6, 6.07) is 21.0. The number of guanidine groups is 1. The molecule has 3 rings (SSSR count). The van der Waals surface area contributed by atoms with Gasteiger partial charge in [0.05, 0.1) is 6.54 Å². The third-order valence-corrected chi connectivity index (χ3v) is 5.19. The van der Waals surface area contributed by atoms with E-state index in [1.165, 1.54) is 11.3 Å². The SMILES string of the molecule is NC(=NCC1CSCCN1Cc1ccccc1)Nc1ccccc1. The van der Waals surface area contributed by atoms with Crippen LogP contribution in [0.3, 0.4) is 0 Å². The maximum Gasteiger partial charge on any atom is 0.193 e. The Morgan fingerprint density at radius 3 is 2.58 bits per heavy atom. The van der Waals surface area contributed by atoms with Gasteiger partial charge in [0.2, 0.25) is 0 Å². The van der Waals surface area contributed by atoms with Crippen molar-refractivity contribution < 1.29 is 0 Å². The molecule has 0 amide bonds. The number of nitrogens with one attached hydrogen (secondary N) is 1. The predicted molar refractivity (Wildman–Crippen MR) is 105 cm³/mol. The summed E-state index contributed by atoms with van der Waals surface area (Å²) < 4.78 is 0. The third kappa shape index (κ3) is 5.01. The first-order valence-corrected chi connectivity index (χ1v) is 9.44. The molecular formula is C19H24N4S. The number of aliphatic imine (C=N–C) groups is 1. The van der Waals surface area contributed by atoms with Crippen molar-refractivity contribution in [3.63, 3.8) is 0 Å². The number of para-hydroxylation sites is 1. The van der Waals surface area contributed by atoms with Gasteiger partial charge in [0.25, 0.3) is 0 Å². The van der Waals surface area contributed by atoms with Gasteiger partial charge in [0, 0.05) is 36.3 Å². The zero-order valence-electron chi connectivity index (χ0n) is 13.8. The summed E-state index contributed by atoms with van der Waals surface area (Å²) in [7, 11) is 0. The fourth-order valence-corrected chi connectivity index (χ4v) is 3.91. The molecule has 0 aliphatic carbocycles. The Labute approximate surface area is 148 Å². The van der Waals surface area contributed by atoms with Crippen LogP contribution in [-0.2, 0) is 6.54 Å². The van der Waals surface area contributed by atoms with Gasteiger partial charge >= 0.3 is 0 Å². The van der Waals surface area contributed by atoms with Crippen molar-refractivity contribution in [2.45, 2.75) is 12.6 Å². The number of nitrogens with two attached hydrogens (primary N) is 1. The van der Waals surface area contributed by atoms with E-state index in [1.807, 2.05) is 42.1 Å². The predicted octanol–water partition coefficient (Wildman–Crippen LogP) is 3.03. The smallest absolute Gasteiger partial charge is 0.193 e. The highest BCUT2D eigenvalue weighted by Gasteiger charge is 2.22. The Hall–Kier alpha value is -1.98. The maximum atomic E-state index is 6.03. The van der Waals surface area contributed by atoms with E-state index in [2.05, 4.69) is 45.5 Å². The van der Waals surface area contributed by atoms with Crippen LogP contribution in [0.15, 0.2) is 65.7 Å². The number of hydrogen-bond acceptors (Lipinski definition) is 3. The van der Waals surface area contributed by atoms with E-state index in [4.69, 9.17) is 5.73 Å². The summed E-state index contributed by atoms with van der Waals surface area (Å²) in [6.45, 7) is 2.81. The first kappa shape index (κ1) is 16.9. The van der Waals surface area contributed by atoms with Crippen LogP contribution in [-0.4, -0.2) is 41.5 Å². The maximum absolute atomic E-state index is 6.03. The van der Waals surface area contributed by atoms with E-state index in [0.29, 0.717) is 12.0 Å². The average molecular weight is 340 g/mol. The molecular weight excluding hydrogens is 316 g/mol. The van der Waals surface area contributed by atoms with Gasteiger partial charge < -0.3 is 11.1 Å². The Morgan fingerprint density at radius 2 is 1.83 bits per heavy atom. The van der Waals surface area contributed by atoms with E-state index < -0.39 is 0 Å². The Balaban J connectivity index is 1.58. The topological polar surface area (TPSA) is 53.6 Å². The first-order valence-electron chi connectivity index (χ1n) is 8.29. The molecule has 1 aliphatic rings. The minimum atomic E-state index is 0.431. The van der Waals surface area contributed by atoms with Crippen LogP contribution < -0.4 is 11.1 Å². The van der Waals surface area contributed by atoms with Crippen molar-refractivity contribution in [3.05, 3.63) is 66.2 Å². The lowest BCUT2D eigenvalue weighted by molar-refractivity contribution is 0.215. The van der Waals surface area contributed by atoms with Crippen molar-refractivity contribution in [2.24, 2.45) is 10.7 Å². The highest BCUT2D eigenvalue weighted by Crippen LogP contribution is 2.19. The number of thioether (sulfide) groups is 1. The molecule has 1 saturated heterocycles. The van der Waals surface area contributed by atoms with Gasteiger partial charge in [-0.1, -0.05) is 48.5 Å². The zero-order chi connectivity index (χ0) is 16.6. The average Bonchev–Trinajstić information content (AvgIpc) is 2.63. The molecule has 24 heavy (non-hydrogen) atoms. The Morgan fingerprint density at radius 1 is 1.12 bits per heavy atom. The highest BCUT2D eigenvalue weighted by molar-refractivity contribution is 7.99. The first-order chi connectivity index (χ1) is 11.8. The molecule has 1 unspecified atom stereocenters. The van der Waals surface area contributed by atoms with Crippen LogP contribution in [0.4, 0.5) is 5.69 Å². The zero-order valence-corrected chi connectivity index (χ0v) is 14.6. The van der Waals surface area contributed by atoms with E-state index in [-0.39, 0.29) is 0 Å². The molecule has 1 fully saturated rings. The summed E-state index contributed by atoms with van der Waals surface area (Å²) in [4.78, 5) is 7.08. The molecule has 126 valence electrons. The summed E-state index contributed by atoms with van der Waals surface area (Å²) in [5.74, 6) is 2.77. The van der Waals surface area contributed by atoms with Gasteiger partial charge in [-0.2, -0.15) is 11.8 Å². The number of hydrogen-bond donors (Lipinski definition) is 2.